The van der Waals surface area contributed by atoms with Gasteiger partial charge in [0, 0.05) is 19.1 Å². The second kappa shape index (κ2) is 7.01. The second-order valence-electron chi connectivity index (χ2n) is 4.68. The predicted octanol–water partition coefficient (Wildman–Crippen LogP) is 1.63. The molecule has 3 N–H and O–H groups in total. The van der Waals surface area contributed by atoms with Crippen molar-refractivity contribution in [3.8, 4) is 0 Å². The van der Waals surface area contributed by atoms with Crippen LogP contribution in [0.25, 0.3) is 0 Å². The highest BCUT2D eigenvalue weighted by Gasteiger charge is 2.13. The van der Waals surface area contributed by atoms with Crippen LogP contribution in [-0.2, 0) is 6.54 Å². The quantitative estimate of drug-likeness (QED) is 0.740. The maximum atomic E-state index is 11.5. The van der Waals surface area contributed by atoms with Crippen molar-refractivity contribution in [1.29, 1.82) is 0 Å². The molecule has 4 heteroatoms. The molecule has 1 aromatic rings. The van der Waals surface area contributed by atoms with Gasteiger partial charge in [-0.1, -0.05) is 30.3 Å². The summed E-state index contributed by atoms with van der Waals surface area (Å²) in [6, 6.07) is 10.4. The largest absolute Gasteiger partial charge is 0.338 e. The Balaban J connectivity index is 1.57. The Morgan fingerprint density at radius 1 is 1.28 bits per heavy atom. The molecule has 1 aliphatic rings. The van der Waals surface area contributed by atoms with E-state index in [1.165, 1.54) is 12.8 Å². The SMILES string of the molecule is O=C(NCCC1CCCN1)NCc1ccccc1. The molecule has 1 fully saturated rings. The fraction of sp³-hybridized carbons (Fsp3) is 0.500. The average molecular weight is 247 g/mol. The zero-order chi connectivity index (χ0) is 12.6. The summed E-state index contributed by atoms with van der Waals surface area (Å²) in [5.41, 5.74) is 1.12. The van der Waals surface area contributed by atoms with E-state index in [4.69, 9.17) is 0 Å². The smallest absolute Gasteiger partial charge is 0.315 e. The summed E-state index contributed by atoms with van der Waals surface area (Å²) in [5.74, 6) is 0. The molecular formula is C14H21N3O. The summed E-state index contributed by atoms with van der Waals surface area (Å²) in [7, 11) is 0. The van der Waals surface area contributed by atoms with Crippen molar-refractivity contribution < 1.29 is 4.79 Å². The van der Waals surface area contributed by atoms with Crippen LogP contribution in [0.4, 0.5) is 4.79 Å². The van der Waals surface area contributed by atoms with Crippen molar-refractivity contribution in [3.05, 3.63) is 35.9 Å². The van der Waals surface area contributed by atoms with E-state index in [2.05, 4.69) is 16.0 Å². The van der Waals surface area contributed by atoms with Gasteiger partial charge in [0.2, 0.25) is 0 Å². The lowest BCUT2D eigenvalue weighted by Crippen LogP contribution is -2.37. The van der Waals surface area contributed by atoms with Gasteiger partial charge in [-0.25, -0.2) is 4.79 Å². The number of carbonyl (C=O) groups is 1. The molecule has 4 nitrogen and oxygen atoms in total. The molecule has 1 aromatic carbocycles. The van der Waals surface area contributed by atoms with Crippen LogP contribution in [-0.4, -0.2) is 25.2 Å². The predicted molar refractivity (Wildman–Crippen MR) is 72.3 cm³/mol. The van der Waals surface area contributed by atoms with E-state index in [0.717, 1.165) is 25.1 Å². The van der Waals surface area contributed by atoms with Gasteiger partial charge in [-0.2, -0.15) is 0 Å². The topological polar surface area (TPSA) is 53.2 Å². The molecule has 0 radical (unpaired) electrons. The van der Waals surface area contributed by atoms with Crippen molar-refractivity contribution in [3.63, 3.8) is 0 Å². The summed E-state index contributed by atoms with van der Waals surface area (Å²) >= 11 is 0. The summed E-state index contributed by atoms with van der Waals surface area (Å²) in [6.45, 7) is 2.43. The molecule has 0 bridgehead atoms. The molecule has 18 heavy (non-hydrogen) atoms. The normalized spacial score (nSPS) is 18.6. The van der Waals surface area contributed by atoms with Crippen molar-refractivity contribution in [2.45, 2.75) is 31.8 Å². The fourth-order valence-corrected chi connectivity index (χ4v) is 2.20. The number of amides is 2. The van der Waals surface area contributed by atoms with Crippen LogP contribution in [0.2, 0.25) is 0 Å². The average Bonchev–Trinajstić information content (AvgIpc) is 2.91. The fourth-order valence-electron chi connectivity index (χ4n) is 2.20. The van der Waals surface area contributed by atoms with E-state index >= 15 is 0 Å². The van der Waals surface area contributed by atoms with E-state index in [1.54, 1.807) is 0 Å². The molecule has 0 spiro atoms. The molecule has 0 saturated carbocycles. The number of carbonyl (C=O) groups excluding carboxylic acids is 1. The summed E-state index contributed by atoms with van der Waals surface area (Å²) < 4.78 is 0. The highest BCUT2D eigenvalue weighted by molar-refractivity contribution is 5.73. The van der Waals surface area contributed by atoms with Gasteiger partial charge in [-0.15, -0.1) is 0 Å². The number of rotatable bonds is 5. The van der Waals surface area contributed by atoms with Crippen LogP contribution in [0.1, 0.15) is 24.8 Å². The standard InChI is InChI=1S/C14H21N3O/c18-14(16-10-8-13-7-4-9-15-13)17-11-12-5-2-1-3-6-12/h1-3,5-6,13,15H,4,7-11H2,(H2,16,17,18). The first-order valence-corrected chi connectivity index (χ1v) is 6.63. The lowest BCUT2D eigenvalue weighted by atomic mass is 10.1. The monoisotopic (exact) mass is 247 g/mol. The molecule has 1 saturated heterocycles. The van der Waals surface area contributed by atoms with Crippen molar-refractivity contribution in [2.75, 3.05) is 13.1 Å². The minimum atomic E-state index is -0.0862. The third-order valence-electron chi connectivity index (χ3n) is 3.24. The Hall–Kier alpha value is -1.55. The van der Waals surface area contributed by atoms with Gasteiger partial charge < -0.3 is 16.0 Å². The highest BCUT2D eigenvalue weighted by Crippen LogP contribution is 2.07. The third-order valence-corrected chi connectivity index (χ3v) is 3.24. The second-order valence-corrected chi connectivity index (χ2v) is 4.68. The van der Waals surface area contributed by atoms with Gasteiger partial charge in [-0.05, 0) is 31.4 Å². The minimum absolute atomic E-state index is 0.0862. The number of benzene rings is 1. The molecular weight excluding hydrogens is 226 g/mol. The lowest BCUT2D eigenvalue weighted by molar-refractivity contribution is 0.240. The molecule has 2 rings (SSSR count). The number of nitrogens with one attached hydrogen (secondary N) is 3. The maximum Gasteiger partial charge on any atom is 0.315 e. The van der Waals surface area contributed by atoms with Crippen molar-refractivity contribution in [1.82, 2.24) is 16.0 Å². The van der Waals surface area contributed by atoms with E-state index in [0.29, 0.717) is 12.6 Å². The first-order valence-electron chi connectivity index (χ1n) is 6.63. The molecule has 1 atom stereocenters. The minimum Gasteiger partial charge on any atom is -0.338 e. The van der Waals surface area contributed by atoms with Gasteiger partial charge in [0.25, 0.3) is 0 Å². The first kappa shape index (κ1) is 12.9. The molecule has 1 aliphatic heterocycles. The summed E-state index contributed by atoms with van der Waals surface area (Å²) in [5, 5.41) is 9.16. The summed E-state index contributed by atoms with van der Waals surface area (Å²) in [4.78, 5) is 11.5. The molecule has 98 valence electrons. The third kappa shape index (κ3) is 4.37. The zero-order valence-electron chi connectivity index (χ0n) is 10.6. The van der Waals surface area contributed by atoms with Gasteiger partial charge in [0.05, 0.1) is 0 Å². The maximum absolute atomic E-state index is 11.5. The number of urea groups is 1. The lowest BCUT2D eigenvalue weighted by Gasteiger charge is -2.11. The number of hydrogen-bond donors (Lipinski definition) is 3. The van der Waals surface area contributed by atoms with Gasteiger partial charge in [-0.3, -0.25) is 0 Å². The Bertz CT molecular complexity index is 361. The van der Waals surface area contributed by atoms with E-state index in [-0.39, 0.29) is 6.03 Å². The van der Waals surface area contributed by atoms with Crippen molar-refractivity contribution >= 4 is 6.03 Å². The molecule has 2 amide bonds. The molecule has 1 heterocycles. The molecule has 0 aliphatic carbocycles. The first-order chi connectivity index (χ1) is 8.84. The van der Waals surface area contributed by atoms with Gasteiger partial charge in [0.15, 0.2) is 0 Å². The Morgan fingerprint density at radius 2 is 2.11 bits per heavy atom. The van der Waals surface area contributed by atoms with E-state index < -0.39 is 0 Å². The van der Waals surface area contributed by atoms with Crippen LogP contribution in [0.5, 0.6) is 0 Å². The van der Waals surface area contributed by atoms with Crippen LogP contribution < -0.4 is 16.0 Å². The number of hydrogen-bond acceptors (Lipinski definition) is 2. The molecule has 1 unspecified atom stereocenters. The van der Waals surface area contributed by atoms with E-state index in [1.807, 2.05) is 30.3 Å². The Labute approximate surface area is 108 Å². The Morgan fingerprint density at radius 3 is 2.83 bits per heavy atom. The van der Waals surface area contributed by atoms with Crippen LogP contribution >= 0.6 is 0 Å². The highest BCUT2D eigenvalue weighted by atomic mass is 16.2. The summed E-state index contributed by atoms with van der Waals surface area (Å²) in [6.07, 6.45) is 3.50. The van der Waals surface area contributed by atoms with Gasteiger partial charge in [0.1, 0.15) is 0 Å². The van der Waals surface area contributed by atoms with Crippen LogP contribution in [0.15, 0.2) is 30.3 Å². The van der Waals surface area contributed by atoms with E-state index in [9.17, 15) is 4.79 Å². The Kier molecular flexibility index (Phi) is 5.02. The van der Waals surface area contributed by atoms with Crippen LogP contribution in [0.3, 0.4) is 0 Å². The molecule has 0 aromatic heterocycles. The van der Waals surface area contributed by atoms with Crippen molar-refractivity contribution in [2.24, 2.45) is 0 Å². The zero-order valence-corrected chi connectivity index (χ0v) is 10.6. The van der Waals surface area contributed by atoms with Crippen LogP contribution in [0, 0.1) is 0 Å². The van der Waals surface area contributed by atoms with Gasteiger partial charge >= 0.3 is 6.03 Å².